The minimum Gasteiger partial charge on any atom is -0.504 e. The van der Waals surface area contributed by atoms with E-state index in [9.17, 15) is 5.11 Å². The van der Waals surface area contributed by atoms with Gasteiger partial charge in [0.05, 0.1) is 7.11 Å². The van der Waals surface area contributed by atoms with Crippen molar-refractivity contribution in [3.05, 3.63) is 23.8 Å². The lowest BCUT2D eigenvalue weighted by atomic mass is 10.1. The van der Waals surface area contributed by atoms with Crippen LogP contribution >= 0.6 is 0 Å². The minimum atomic E-state index is 0.273. The lowest BCUT2D eigenvalue weighted by Gasteiger charge is -2.32. The molecular weight excluding hydrogens is 250 g/mol. The van der Waals surface area contributed by atoms with Crippen LogP contribution in [-0.4, -0.2) is 29.7 Å². The number of phenolic OH excluding ortho intramolecular Hbond substituents is 1. The zero-order valence-corrected chi connectivity index (χ0v) is 13.5. The van der Waals surface area contributed by atoms with Crippen LogP contribution in [0.15, 0.2) is 18.2 Å². The van der Waals surface area contributed by atoms with Gasteiger partial charge in [-0.3, -0.25) is 4.90 Å². The third kappa shape index (κ3) is 4.41. The van der Waals surface area contributed by atoms with Gasteiger partial charge in [-0.2, -0.15) is 0 Å². The Bertz CT molecular complexity index is 400. The van der Waals surface area contributed by atoms with Gasteiger partial charge < -0.3 is 9.84 Å². The minimum absolute atomic E-state index is 0.273. The molecule has 3 heteroatoms. The second kappa shape index (κ2) is 8.15. The molecule has 0 bridgehead atoms. The van der Waals surface area contributed by atoms with Gasteiger partial charge in [0, 0.05) is 24.7 Å². The van der Waals surface area contributed by atoms with Crippen LogP contribution in [0.2, 0.25) is 0 Å². The Morgan fingerprint density at radius 3 is 2.35 bits per heavy atom. The molecule has 0 amide bonds. The summed E-state index contributed by atoms with van der Waals surface area (Å²) in [6.07, 6.45) is 2.27. The van der Waals surface area contributed by atoms with Gasteiger partial charge in [0.25, 0.3) is 0 Å². The maximum absolute atomic E-state index is 10.2. The lowest BCUT2D eigenvalue weighted by molar-refractivity contribution is 0.155. The molecule has 3 nitrogen and oxygen atoms in total. The number of ether oxygens (including phenoxy) is 1. The number of methoxy groups -OCH3 is 1. The summed E-state index contributed by atoms with van der Waals surface area (Å²) in [4.78, 5) is 2.47. The van der Waals surface area contributed by atoms with E-state index in [-0.39, 0.29) is 5.75 Å². The van der Waals surface area contributed by atoms with Gasteiger partial charge in [-0.25, -0.2) is 0 Å². The number of benzene rings is 1. The van der Waals surface area contributed by atoms with Gasteiger partial charge in [-0.1, -0.05) is 39.8 Å². The molecule has 0 aliphatic carbocycles. The van der Waals surface area contributed by atoms with Crippen LogP contribution < -0.4 is 4.74 Å². The highest BCUT2D eigenvalue weighted by molar-refractivity contribution is 5.45. The molecule has 0 aliphatic rings. The summed E-state index contributed by atoms with van der Waals surface area (Å²) in [7, 11) is 1.59. The molecule has 0 saturated heterocycles. The molecule has 0 radical (unpaired) electrons. The molecule has 0 spiro atoms. The number of rotatable bonds is 8. The van der Waals surface area contributed by atoms with Gasteiger partial charge in [-0.15, -0.1) is 0 Å². The summed E-state index contributed by atoms with van der Waals surface area (Å²) < 4.78 is 5.19. The molecule has 0 aliphatic heterocycles. The maximum Gasteiger partial charge on any atom is 0.162 e. The molecule has 0 aromatic heterocycles. The highest BCUT2D eigenvalue weighted by Crippen LogP contribution is 2.31. The van der Waals surface area contributed by atoms with Crippen LogP contribution in [-0.2, 0) is 6.54 Å². The standard InChI is InChI=1S/C17H29NO2/c1-6-15(7-2)18(11-13(3)4)12-14-9-8-10-16(20-5)17(14)19/h8-10,13,15,19H,6-7,11-12H2,1-5H3. The molecule has 1 N–H and O–H groups in total. The summed E-state index contributed by atoms with van der Waals surface area (Å²) in [6, 6.07) is 6.27. The van der Waals surface area contributed by atoms with Crippen LogP contribution in [0.25, 0.3) is 0 Å². The first-order valence-corrected chi connectivity index (χ1v) is 7.62. The summed E-state index contributed by atoms with van der Waals surface area (Å²) >= 11 is 0. The van der Waals surface area contributed by atoms with Crippen molar-refractivity contribution >= 4 is 0 Å². The molecule has 0 saturated carbocycles. The van der Waals surface area contributed by atoms with Crippen LogP contribution in [0.4, 0.5) is 0 Å². The van der Waals surface area contributed by atoms with Crippen LogP contribution in [0, 0.1) is 5.92 Å². The second-order valence-corrected chi connectivity index (χ2v) is 5.76. The number of phenols is 1. The van der Waals surface area contributed by atoms with Gasteiger partial charge in [0.15, 0.2) is 11.5 Å². The van der Waals surface area contributed by atoms with Crippen molar-refractivity contribution in [3.8, 4) is 11.5 Å². The molecule has 0 heterocycles. The molecular formula is C17H29NO2. The van der Waals surface area contributed by atoms with E-state index in [0.717, 1.165) is 31.5 Å². The number of aromatic hydroxyl groups is 1. The first-order chi connectivity index (χ1) is 9.53. The fourth-order valence-electron chi connectivity index (χ4n) is 2.70. The van der Waals surface area contributed by atoms with Gasteiger partial charge >= 0.3 is 0 Å². The molecule has 0 fully saturated rings. The van der Waals surface area contributed by atoms with Crippen molar-refractivity contribution < 1.29 is 9.84 Å². The first-order valence-electron chi connectivity index (χ1n) is 7.62. The van der Waals surface area contributed by atoms with Crippen LogP contribution in [0.3, 0.4) is 0 Å². The quantitative estimate of drug-likeness (QED) is 0.779. The summed E-state index contributed by atoms with van der Waals surface area (Å²) in [5.74, 6) is 1.44. The van der Waals surface area contributed by atoms with E-state index in [1.54, 1.807) is 13.2 Å². The molecule has 0 unspecified atom stereocenters. The zero-order valence-electron chi connectivity index (χ0n) is 13.5. The smallest absolute Gasteiger partial charge is 0.162 e. The molecule has 1 aromatic rings. The molecule has 20 heavy (non-hydrogen) atoms. The fraction of sp³-hybridized carbons (Fsp3) is 0.647. The predicted molar refractivity (Wildman–Crippen MR) is 84.3 cm³/mol. The van der Waals surface area contributed by atoms with Gasteiger partial charge in [-0.05, 0) is 24.8 Å². The van der Waals surface area contributed by atoms with Crippen molar-refractivity contribution in [1.82, 2.24) is 4.90 Å². The van der Waals surface area contributed by atoms with E-state index < -0.39 is 0 Å². The number of para-hydroxylation sites is 1. The average molecular weight is 279 g/mol. The Labute approximate surface area is 123 Å². The highest BCUT2D eigenvalue weighted by atomic mass is 16.5. The second-order valence-electron chi connectivity index (χ2n) is 5.76. The molecule has 1 aromatic carbocycles. The Balaban J connectivity index is 2.94. The Hall–Kier alpha value is -1.22. The Morgan fingerprint density at radius 1 is 1.20 bits per heavy atom. The first kappa shape index (κ1) is 16.8. The van der Waals surface area contributed by atoms with Crippen molar-refractivity contribution in [2.24, 2.45) is 5.92 Å². The summed E-state index contributed by atoms with van der Waals surface area (Å²) in [5.41, 5.74) is 0.942. The normalized spacial score (nSPS) is 11.6. The van der Waals surface area contributed by atoms with Crippen molar-refractivity contribution in [3.63, 3.8) is 0 Å². The third-order valence-corrected chi connectivity index (χ3v) is 3.73. The van der Waals surface area contributed by atoms with Crippen LogP contribution in [0.5, 0.6) is 11.5 Å². The topological polar surface area (TPSA) is 32.7 Å². The monoisotopic (exact) mass is 279 g/mol. The zero-order chi connectivity index (χ0) is 15.1. The summed E-state index contributed by atoms with van der Waals surface area (Å²) in [6.45, 7) is 10.7. The van der Waals surface area contributed by atoms with Crippen molar-refractivity contribution in [2.75, 3.05) is 13.7 Å². The SMILES string of the molecule is CCC(CC)N(Cc1cccc(OC)c1O)CC(C)C. The fourth-order valence-corrected chi connectivity index (χ4v) is 2.70. The number of hydrogen-bond donors (Lipinski definition) is 1. The molecule has 0 atom stereocenters. The Morgan fingerprint density at radius 2 is 1.85 bits per heavy atom. The van der Waals surface area contributed by atoms with Crippen LogP contribution in [0.1, 0.15) is 46.1 Å². The predicted octanol–water partition coefficient (Wildman–Crippen LogP) is 4.05. The largest absolute Gasteiger partial charge is 0.504 e. The van der Waals surface area contributed by atoms with Gasteiger partial charge in [0.1, 0.15) is 0 Å². The maximum atomic E-state index is 10.2. The van der Waals surface area contributed by atoms with E-state index in [0.29, 0.717) is 17.7 Å². The van der Waals surface area contributed by atoms with E-state index in [1.807, 2.05) is 12.1 Å². The lowest BCUT2D eigenvalue weighted by Crippen LogP contribution is -2.36. The molecule has 1 rings (SSSR count). The van der Waals surface area contributed by atoms with E-state index in [2.05, 4.69) is 32.6 Å². The van der Waals surface area contributed by atoms with Crippen molar-refractivity contribution in [2.45, 2.75) is 53.1 Å². The average Bonchev–Trinajstić information content (AvgIpc) is 2.41. The van der Waals surface area contributed by atoms with Crippen molar-refractivity contribution in [1.29, 1.82) is 0 Å². The number of hydrogen-bond acceptors (Lipinski definition) is 3. The van der Waals surface area contributed by atoms with E-state index >= 15 is 0 Å². The van der Waals surface area contributed by atoms with E-state index in [1.165, 1.54) is 0 Å². The summed E-state index contributed by atoms with van der Waals surface area (Å²) in [5, 5.41) is 10.2. The van der Waals surface area contributed by atoms with Gasteiger partial charge in [0.2, 0.25) is 0 Å². The molecule has 114 valence electrons. The Kier molecular flexibility index (Phi) is 6.86. The third-order valence-electron chi connectivity index (χ3n) is 3.73. The highest BCUT2D eigenvalue weighted by Gasteiger charge is 2.19. The van der Waals surface area contributed by atoms with E-state index in [4.69, 9.17) is 4.74 Å². The number of nitrogens with zero attached hydrogens (tertiary/aromatic N) is 1.